The Hall–Kier alpha value is -1.90. The molecule has 0 spiro atoms. The van der Waals surface area contributed by atoms with E-state index in [1.54, 1.807) is 23.2 Å². The van der Waals surface area contributed by atoms with Crippen molar-refractivity contribution in [3.8, 4) is 11.8 Å². The third kappa shape index (κ3) is 2.86. The van der Waals surface area contributed by atoms with E-state index in [9.17, 15) is 9.90 Å². The number of aliphatic hydroxyl groups is 1. The highest BCUT2D eigenvalue weighted by atomic mass is 16.3. The van der Waals surface area contributed by atoms with Crippen LogP contribution in [0.2, 0.25) is 0 Å². The van der Waals surface area contributed by atoms with Gasteiger partial charge in [0.15, 0.2) is 0 Å². The van der Waals surface area contributed by atoms with Gasteiger partial charge in [0.2, 0.25) is 0 Å². The third-order valence-electron chi connectivity index (χ3n) is 2.77. The summed E-state index contributed by atoms with van der Waals surface area (Å²) >= 11 is 0. The predicted octanol–water partition coefficient (Wildman–Crippen LogP) is -0.401. The van der Waals surface area contributed by atoms with Crippen LogP contribution in [0.4, 0.5) is 0 Å². The molecule has 94 valence electrons. The van der Waals surface area contributed by atoms with Crippen LogP contribution in [0.25, 0.3) is 0 Å². The number of nitrogens with zero attached hydrogens (tertiary/aromatic N) is 2. The number of amides is 1. The van der Waals surface area contributed by atoms with Gasteiger partial charge in [-0.2, -0.15) is 0 Å². The number of pyridine rings is 1. The van der Waals surface area contributed by atoms with Gasteiger partial charge in [-0.05, 0) is 18.6 Å². The van der Waals surface area contributed by atoms with Crippen LogP contribution in [0.15, 0.2) is 18.3 Å². The lowest BCUT2D eigenvalue weighted by Gasteiger charge is -2.14. The molecule has 5 nitrogen and oxygen atoms in total. The lowest BCUT2D eigenvalue weighted by Crippen LogP contribution is -2.30. The molecule has 1 saturated heterocycles. The summed E-state index contributed by atoms with van der Waals surface area (Å²) in [7, 11) is 0. The lowest BCUT2D eigenvalue weighted by molar-refractivity contribution is 0.0759. The topological polar surface area (TPSA) is 79.5 Å². The first-order valence-corrected chi connectivity index (χ1v) is 5.83. The zero-order chi connectivity index (χ0) is 13.0. The molecular formula is C13H15N3O2. The summed E-state index contributed by atoms with van der Waals surface area (Å²) in [6, 6.07) is 3.39. The number of likely N-dealkylation sites (tertiary alicyclic amines) is 1. The van der Waals surface area contributed by atoms with Crippen LogP contribution in [-0.4, -0.2) is 46.6 Å². The zero-order valence-electron chi connectivity index (χ0n) is 9.97. The molecule has 0 saturated carbocycles. The number of aliphatic hydroxyl groups excluding tert-OH is 1. The van der Waals surface area contributed by atoms with Gasteiger partial charge in [-0.15, -0.1) is 0 Å². The average molecular weight is 245 g/mol. The van der Waals surface area contributed by atoms with Crippen LogP contribution >= 0.6 is 0 Å². The summed E-state index contributed by atoms with van der Waals surface area (Å²) in [5.74, 6) is 5.42. The van der Waals surface area contributed by atoms with Crippen molar-refractivity contribution in [1.82, 2.24) is 9.88 Å². The van der Waals surface area contributed by atoms with E-state index < -0.39 is 6.10 Å². The Labute approximate surface area is 106 Å². The van der Waals surface area contributed by atoms with Gasteiger partial charge < -0.3 is 15.7 Å². The molecule has 0 bridgehead atoms. The van der Waals surface area contributed by atoms with Crippen molar-refractivity contribution in [3.63, 3.8) is 0 Å². The second-order valence-electron chi connectivity index (χ2n) is 4.13. The van der Waals surface area contributed by atoms with Crippen molar-refractivity contribution in [2.45, 2.75) is 12.5 Å². The van der Waals surface area contributed by atoms with E-state index in [0.29, 0.717) is 31.7 Å². The van der Waals surface area contributed by atoms with Crippen LogP contribution in [0, 0.1) is 11.8 Å². The maximum absolute atomic E-state index is 12.0. The Kier molecular flexibility index (Phi) is 3.92. The molecule has 1 unspecified atom stereocenters. The van der Waals surface area contributed by atoms with Gasteiger partial charge in [-0.1, -0.05) is 11.8 Å². The second kappa shape index (κ2) is 5.63. The molecule has 1 atom stereocenters. The Bertz CT molecular complexity index is 487. The summed E-state index contributed by atoms with van der Waals surface area (Å²) < 4.78 is 0. The smallest absolute Gasteiger partial charge is 0.272 e. The number of rotatable bonds is 1. The summed E-state index contributed by atoms with van der Waals surface area (Å²) in [4.78, 5) is 17.7. The molecule has 3 N–H and O–H groups in total. The number of β-amino-alcohol motifs (C(OH)–C–C–N with tert-alkyl or cyclic N) is 1. The number of hydrogen-bond acceptors (Lipinski definition) is 4. The largest absolute Gasteiger partial charge is 0.391 e. The molecule has 5 heteroatoms. The molecule has 1 amide bonds. The fourth-order valence-corrected chi connectivity index (χ4v) is 1.84. The number of carbonyl (C=O) groups is 1. The molecule has 2 heterocycles. The fourth-order valence-electron chi connectivity index (χ4n) is 1.84. The van der Waals surface area contributed by atoms with E-state index in [-0.39, 0.29) is 5.91 Å². The number of hydrogen-bond donors (Lipinski definition) is 2. The van der Waals surface area contributed by atoms with Crippen LogP contribution in [-0.2, 0) is 0 Å². The van der Waals surface area contributed by atoms with Gasteiger partial charge in [0.25, 0.3) is 5.91 Å². The fraction of sp³-hybridized carbons (Fsp3) is 0.385. The van der Waals surface area contributed by atoms with Gasteiger partial charge in [0, 0.05) is 24.8 Å². The first kappa shape index (κ1) is 12.6. The number of carbonyl (C=O) groups excluding carboxylic acids is 1. The van der Waals surface area contributed by atoms with Gasteiger partial charge in [-0.3, -0.25) is 4.79 Å². The van der Waals surface area contributed by atoms with E-state index in [0.717, 1.165) is 5.56 Å². The van der Waals surface area contributed by atoms with Crippen molar-refractivity contribution < 1.29 is 9.90 Å². The Morgan fingerprint density at radius 2 is 2.44 bits per heavy atom. The minimum atomic E-state index is -0.413. The minimum absolute atomic E-state index is 0.148. The van der Waals surface area contributed by atoms with Gasteiger partial charge in [0.05, 0.1) is 12.6 Å². The quantitative estimate of drug-likeness (QED) is 0.660. The van der Waals surface area contributed by atoms with Crippen molar-refractivity contribution in [2.75, 3.05) is 19.6 Å². The zero-order valence-corrected chi connectivity index (χ0v) is 9.97. The lowest BCUT2D eigenvalue weighted by atomic mass is 10.2. The highest BCUT2D eigenvalue weighted by molar-refractivity contribution is 5.92. The molecule has 0 aliphatic carbocycles. The monoisotopic (exact) mass is 245 g/mol. The number of nitrogens with two attached hydrogens (primary N) is 1. The van der Waals surface area contributed by atoms with Gasteiger partial charge in [0.1, 0.15) is 5.69 Å². The summed E-state index contributed by atoms with van der Waals surface area (Å²) in [5, 5.41) is 9.39. The van der Waals surface area contributed by atoms with E-state index in [4.69, 9.17) is 5.73 Å². The second-order valence-corrected chi connectivity index (χ2v) is 4.13. The molecule has 1 aliphatic rings. The van der Waals surface area contributed by atoms with Crippen LogP contribution in [0.1, 0.15) is 22.5 Å². The van der Waals surface area contributed by atoms with Crippen molar-refractivity contribution >= 4 is 5.91 Å². The van der Waals surface area contributed by atoms with Crippen LogP contribution in [0.5, 0.6) is 0 Å². The first-order chi connectivity index (χ1) is 8.70. The molecule has 1 aromatic rings. The third-order valence-corrected chi connectivity index (χ3v) is 2.77. The molecule has 1 aliphatic heterocycles. The molecular weight excluding hydrogens is 230 g/mol. The minimum Gasteiger partial charge on any atom is -0.391 e. The van der Waals surface area contributed by atoms with Crippen molar-refractivity contribution in [2.24, 2.45) is 5.73 Å². The highest BCUT2D eigenvalue weighted by Gasteiger charge is 2.25. The maximum atomic E-state index is 12.0. The molecule has 0 aromatic carbocycles. The van der Waals surface area contributed by atoms with E-state index in [1.165, 1.54) is 0 Å². The normalized spacial score (nSPS) is 18.3. The predicted molar refractivity (Wildman–Crippen MR) is 66.7 cm³/mol. The number of aromatic nitrogens is 1. The Morgan fingerprint density at radius 1 is 1.61 bits per heavy atom. The van der Waals surface area contributed by atoms with E-state index in [2.05, 4.69) is 16.8 Å². The molecule has 18 heavy (non-hydrogen) atoms. The summed E-state index contributed by atoms with van der Waals surface area (Å²) in [6.45, 7) is 1.26. The molecule has 1 aromatic heterocycles. The van der Waals surface area contributed by atoms with Crippen molar-refractivity contribution in [3.05, 3.63) is 29.6 Å². The molecule has 2 rings (SSSR count). The van der Waals surface area contributed by atoms with Gasteiger partial charge in [-0.25, -0.2) is 4.98 Å². The molecule has 0 radical (unpaired) electrons. The molecule has 1 fully saturated rings. The Balaban J connectivity index is 2.07. The van der Waals surface area contributed by atoms with E-state index >= 15 is 0 Å². The van der Waals surface area contributed by atoms with Gasteiger partial charge >= 0.3 is 0 Å². The standard InChI is InChI=1S/C13H15N3O2/c14-6-1-2-10-3-4-12(15-8-10)13(18)16-7-5-11(17)9-16/h3-4,8,11,17H,5-7,9,14H2. The summed E-state index contributed by atoms with van der Waals surface area (Å²) in [5.41, 5.74) is 6.38. The summed E-state index contributed by atoms with van der Waals surface area (Å²) in [6.07, 6.45) is 1.78. The maximum Gasteiger partial charge on any atom is 0.272 e. The SMILES string of the molecule is NCC#Cc1ccc(C(=O)N2CCC(O)C2)nc1. The van der Waals surface area contributed by atoms with Crippen LogP contribution < -0.4 is 5.73 Å². The Morgan fingerprint density at radius 3 is 3.00 bits per heavy atom. The van der Waals surface area contributed by atoms with Crippen LogP contribution in [0.3, 0.4) is 0 Å². The average Bonchev–Trinajstić information content (AvgIpc) is 2.83. The van der Waals surface area contributed by atoms with Crippen molar-refractivity contribution in [1.29, 1.82) is 0 Å². The van der Waals surface area contributed by atoms with E-state index in [1.807, 2.05) is 0 Å². The highest BCUT2D eigenvalue weighted by Crippen LogP contribution is 2.12. The first-order valence-electron chi connectivity index (χ1n) is 5.83.